The molecule has 34 heavy (non-hydrogen) atoms. The Kier molecular flexibility index (Phi) is 6.97. The second-order valence-corrected chi connectivity index (χ2v) is 6.96. The van der Waals surface area contributed by atoms with Gasteiger partial charge in [-0.3, -0.25) is 0 Å². The molecule has 2 aromatic rings. The molecule has 0 saturated carbocycles. The van der Waals surface area contributed by atoms with E-state index in [1.54, 1.807) is 0 Å². The molecule has 14 heteroatoms. The standard InChI is InChI=1S/C20H12F10O4/c21-7-17(23,24)19(27,28)13-5-9(1-3-11(13)15(31)32)10-2-4-12(16(33)34)14(6-10)20(29,30)18(25,26)8-22/h1-6H,7-8H2,(H,31,32)(H,33,34). The lowest BCUT2D eigenvalue weighted by Crippen LogP contribution is -2.41. The van der Waals surface area contributed by atoms with Crippen molar-refractivity contribution in [3.8, 4) is 11.1 Å². The Morgan fingerprint density at radius 3 is 1.15 bits per heavy atom. The van der Waals surface area contributed by atoms with Crippen molar-refractivity contribution in [1.29, 1.82) is 0 Å². The zero-order valence-electron chi connectivity index (χ0n) is 16.4. The van der Waals surface area contributed by atoms with Gasteiger partial charge >= 0.3 is 35.6 Å². The summed E-state index contributed by atoms with van der Waals surface area (Å²) in [5, 5.41) is 18.1. The Morgan fingerprint density at radius 1 is 0.618 bits per heavy atom. The minimum atomic E-state index is -5.42. The molecule has 0 aliphatic rings. The van der Waals surface area contributed by atoms with Crippen molar-refractivity contribution < 1.29 is 63.7 Å². The van der Waals surface area contributed by atoms with Gasteiger partial charge in [-0.1, -0.05) is 12.1 Å². The third kappa shape index (κ3) is 4.40. The molecule has 2 N–H and O–H groups in total. The second kappa shape index (κ2) is 8.80. The van der Waals surface area contributed by atoms with Gasteiger partial charge in [-0.05, 0) is 35.4 Å². The van der Waals surface area contributed by atoms with Crippen molar-refractivity contribution in [2.75, 3.05) is 13.3 Å². The molecule has 4 nitrogen and oxygen atoms in total. The third-order valence-electron chi connectivity index (χ3n) is 4.76. The number of carbonyl (C=O) groups is 2. The van der Waals surface area contributed by atoms with E-state index in [2.05, 4.69) is 0 Å². The van der Waals surface area contributed by atoms with Crippen LogP contribution in [-0.4, -0.2) is 47.3 Å². The quantitative estimate of drug-likeness (QED) is 0.401. The fraction of sp³-hybridized carbons (Fsp3) is 0.300. The number of carboxylic acid groups (broad SMARTS) is 2. The van der Waals surface area contributed by atoms with Crippen LogP contribution < -0.4 is 0 Å². The van der Waals surface area contributed by atoms with E-state index in [1.165, 1.54) is 0 Å². The van der Waals surface area contributed by atoms with Gasteiger partial charge in [0, 0.05) is 11.1 Å². The van der Waals surface area contributed by atoms with Crippen LogP contribution in [0.5, 0.6) is 0 Å². The summed E-state index contributed by atoms with van der Waals surface area (Å²) in [7, 11) is 0. The molecule has 0 amide bonds. The van der Waals surface area contributed by atoms with E-state index in [4.69, 9.17) is 10.2 Å². The topological polar surface area (TPSA) is 74.6 Å². The Labute approximate surface area is 183 Å². The maximum Gasteiger partial charge on any atom is 0.342 e. The minimum absolute atomic E-state index is 0.0814. The summed E-state index contributed by atoms with van der Waals surface area (Å²) in [6.07, 6.45) is 0. The van der Waals surface area contributed by atoms with Crippen LogP contribution in [0.2, 0.25) is 0 Å². The van der Waals surface area contributed by atoms with Gasteiger partial charge in [0.15, 0.2) is 13.3 Å². The van der Waals surface area contributed by atoms with Crippen molar-refractivity contribution in [1.82, 2.24) is 0 Å². The first-order chi connectivity index (χ1) is 15.4. The van der Waals surface area contributed by atoms with Gasteiger partial charge in [0.25, 0.3) is 0 Å². The number of carboxylic acids is 2. The van der Waals surface area contributed by atoms with Gasteiger partial charge in [0.1, 0.15) is 0 Å². The highest BCUT2D eigenvalue weighted by molar-refractivity contribution is 5.92. The molecular formula is C20H12F10O4. The van der Waals surface area contributed by atoms with E-state index in [9.17, 15) is 53.5 Å². The van der Waals surface area contributed by atoms with Crippen LogP contribution in [0.15, 0.2) is 36.4 Å². The van der Waals surface area contributed by atoms with E-state index in [-0.39, 0.29) is 12.1 Å². The van der Waals surface area contributed by atoms with Gasteiger partial charge < -0.3 is 10.2 Å². The van der Waals surface area contributed by atoms with E-state index < -0.39 is 82.4 Å². The first kappa shape index (κ1) is 26.9. The Balaban J connectivity index is 2.83. The average Bonchev–Trinajstić information content (AvgIpc) is 2.77. The first-order valence-electron chi connectivity index (χ1n) is 8.84. The summed E-state index contributed by atoms with van der Waals surface area (Å²) in [4.78, 5) is 22.4. The summed E-state index contributed by atoms with van der Waals surface area (Å²) in [5.41, 5.74) is -8.09. The predicted octanol–water partition coefficient (Wildman–Crippen LogP) is 6.14. The lowest BCUT2D eigenvalue weighted by atomic mass is 9.90. The van der Waals surface area contributed by atoms with Crippen LogP contribution in [0.3, 0.4) is 0 Å². The molecule has 2 aromatic carbocycles. The molecule has 2 rings (SSSR count). The van der Waals surface area contributed by atoms with Crippen LogP contribution in [-0.2, 0) is 11.8 Å². The summed E-state index contributed by atoms with van der Waals surface area (Å²) in [6, 6.07) is 2.18. The van der Waals surface area contributed by atoms with E-state index in [0.717, 1.165) is 0 Å². The van der Waals surface area contributed by atoms with Gasteiger partial charge in [-0.15, -0.1) is 0 Å². The van der Waals surface area contributed by atoms with Gasteiger partial charge in [-0.2, -0.15) is 35.1 Å². The van der Waals surface area contributed by atoms with Crippen LogP contribution in [0.1, 0.15) is 31.8 Å². The number of hydrogen-bond donors (Lipinski definition) is 2. The van der Waals surface area contributed by atoms with Gasteiger partial charge in [0.05, 0.1) is 11.1 Å². The maximum absolute atomic E-state index is 14.3. The van der Waals surface area contributed by atoms with Crippen molar-refractivity contribution in [2.45, 2.75) is 23.7 Å². The van der Waals surface area contributed by atoms with E-state index >= 15 is 0 Å². The third-order valence-corrected chi connectivity index (χ3v) is 4.76. The summed E-state index contributed by atoms with van der Waals surface area (Å²) in [6.45, 7) is -5.80. The van der Waals surface area contributed by atoms with E-state index in [0.29, 0.717) is 24.3 Å². The number of benzene rings is 2. The SMILES string of the molecule is O=C(O)c1ccc(-c2ccc(C(=O)O)c(C(F)(F)C(F)(F)CF)c2)cc1C(F)(F)C(F)(F)CF. The molecule has 0 bridgehead atoms. The average molecular weight is 506 g/mol. The van der Waals surface area contributed by atoms with Crippen molar-refractivity contribution >= 4 is 11.9 Å². The molecule has 186 valence electrons. The summed E-state index contributed by atoms with van der Waals surface area (Å²) < 4.78 is 136. The maximum atomic E-state index is 14.3. The molecule has 0 radical (unpaired) electrons. The molecule has 0 aliphatic carbocycles. The Hall–Kier alpha value is -3.32. The normalized spacial score (nSPS) is 13.1. The van der Waals surface area contributed by atoms with Crippen molar-refractivity contribution in [2.24, 2.45) is 0 Å². The highest BCUT2D eigenvalue weighted by Crippen LogP contribution is 2.47. The van der Waals surface area contributed by atoms with Crippen molar-refractivity contribution in [3.63, 3.8) is 0 Å². The van der Waals surface area contributed by atoms with E-state index in [1.807, 2.05) is 0 Å². The van der Waals surface area contributed by atoms with Crippen LogP contribution in [0.25, 0.3) is 11.1 Å². The number of halogens is 10. The molecule has 0 heterocycles. The van der Waals surface area contributed by atoms with Crippen LogP contribution in [0, 0.1) is 0 Å². The number of aromatic carboxylic acids is 2. The second-order valence-electron chi connectivity index (χ2n) is 6.96. The summed E-state index contributed by atoms with van der Waals surface area (Å²) in [5.74, 6) is -25.9. The molecule has 0 fully saturated rings. The number of rotatable bonds is 9. The molecule has 0 aromatic heterocycles. The molecule has 0 spiro atoms. The smallest absolute Gasteiger partial charge is 0.342 e. The molecule has 0 aliphatic heterocycles. The molecule has 0 atom stereocenters. The monoisotopic (exact) mass is 506 g/mol. The van der Waals surface area contributed by atoms with Gasteiger partial charge in [0.2, 0.25) is 0 Å². The highest BCUT2D eigenvalue weighted by Gasteiger charge is 2.60. The molecule has 0 unspecified atom stereocenters. The summed E-state index contributed by atoms with van der Waals surface area (Å²) >= 11 is 0. The lowest BCUT2D eigenvalue weighted by Gasteiger charge is -2.27. The first-order valence-corrected chi connectivity index (χ1v) is 8.84. The van der Waals surface area contributed by atoms with Crippen LogP contribution in [0.4, 0.5) is 43.9 Å². The predicted molar refractivity (Wildman–Crippen MR) is 95.4 cm³/mol. The molecular weight excluding hydrogens is 494 g/mol. The zero-order valence-corrected chi connectivity index (χ0v) is 16.4. The zero-order chi connectivity index (χ0) is 26.3. The van der Waals surface area contributed by atoms with Crippen molar-refractivity contribution in [3.05, 3.63) is 58.7 Å². The van der Waals surface area contributed by atoms with Crippen LogP contribution >= 0.6 is 0 Å². The largest absolute Gasteiger partial charge is 0.478 e. The minimum Gasteiger partial charge on any atom is -0.478 e. The number of hydrogen-bond acceptors (Lipinski definition) is 2. The fourth-order valence-corrected chi connectivity index (χ4v) is 2.90. The lowest BCUT2D eigenvalue weighted by molar-refractivity contribution is -0.222. The fourth-order valence-electron chi connectivity index (χ4n) is 2.90. The Morgan fingerprint density at radius 2 is 0.912 bits per heavy atom. The Bertz CT molecular complexity index is 1030. The highest BCUT2D eigenvalue weighted by atomic mass is 19.3. The number of alkyl halides is 10. The van der Waals surface area contributed by atoms with Gasteiger partial charge in [-0.25, -0.2) is 18.4 Å². The molecule has 0 saturated heterocycles.